The molecular formula is C21H34N2O. The molecule has 3 heteroatoms. The van der Waals surface area contributed by atoms with Crippen molar-refractivity contribution in [3.8, 4) is 0 Å². The molecule has 1 aromatic carbocycles. The summed E-state index contributed by atoms with van der Waals surface area (Å²) in [4.78, 5) is 15.0. The molecule has 134 valence electrons. The lowest BCUT2D eigenvalue weighted by atomic mass is 9.93. The first-order chi connectivity index (χ1) is 11.4. The SMILES string of the molecule is CC1CCCN(Cc2ccc(C(=O)NC(C(C)C)C(C)C)cc2)C1. The van der Waals surface area contributed by atoms with Crippen LogP contribution in [0.3, 0.4) is 0 Å². The molecule has 3 nitrogen and oxygen atoms in total. The molecule has 0 saturated carbocycles. The van der Waals surface area contributed by atoms with Crippen LogP contribution in [0.1, 0.15) is 63.4 Å². The minimum Gasteiger partial charge on any atom is -0.349 e. The molecule has 1 heterocycles. The average molecular weight is 331 g/mol. The Morgan fingerprint density at radius 3 is 2.33 bits per heavy atom. The minimum atomic E-state index is 0.0422. The van der Waals surface area contributed by atoms with E-state index in [4.69, 9.17) is 0 Å². The summed E-state index contributed by atoms with van der Waals surface area (Å²) in [5, 5.41) is 3.19. The summed E-state index contributed by atoms with van der Waals surface area (Å²) >= 11 is 0. The Balaban J connectivity index is 1.94. The highest BCUT2D eigenvalue weighted by molar-refractivity contribution is 5.94. The molecule has 1 aromatic rings. The Bertz CT molecular complexity index is 513. The number of amides is 1. The lowest BCUT2D eigenvalue weighted by Crippen LogP contribution is -2.42. The number of rotatable bonds is 6. The molecule has 1 amide bonds. The fourth-order valence-corrected chi connectivity index (χ4v) is 3.79. The summed E-state index contributed by atoms with van der Waals surface area (Å²) in [6.07, 6.45) is 2.65. The third-order valence-electron chi connectivity index (χ3n) is 5.10. The van der Waals surface area contributed by atoms with Crippen molar-refractivity contribution in [3.63, 3.8) is 0 Å². The molecule has 0 aliphatic carbocycles. The van der Waals surface area contributed by atoms with E-state index in [2.05, 4.69) is 57.0 Å². The number of benzene rings is 1. The van der Waals surface area contributed by atoms with Crippen LogP contribution in [-0.4, -0.2) is 29.9 Å². The second-order valence-electron chi connectivity index (χ2n) is 8.17. The third kappa shape index (κ3) is 5.34. The number of carbonyl (C=O) groups excluding carboxylic acids is 1. The van der Waals surface area contributed by atoms with Gasteiger partial charge in [-0.1, -0.05) is 46.8 Å². The van der Waals surface area contributed by atoms with E-state index in [-0.39, 0.29) is 11.9 Å². The molecule has 1 saturated heterocycles. The van der Waals surface area contributed by atoms with E-state index in [0.29, 0.717) is 11.8 Å². The highest BCUT2D eigenvalue weighted by Gasteiger charge is 2.20. The Morgan fingerprint density at radius 2 is 1.79 bits per heavy atom. The first-order valence-corrected chi connectivity index (χ1v) is 9.49. The zero-order valence-electron chi connectivity index (χ0n) is 16.0. The van der Waals surface area contributed by atoms with Gasteiger partial charge in [0.25, 0.3) is 5.91 Å². The summed E-state index contributed by atoms with van der Waals surface area (Å²) < 4.78 is 0. The van der Waals surface area contributed by atoms with Crippen molar-refractivity contribution in [1.29, 1.82) is 0 Å². The van der Waals surface area contributed by atoms with Gasteiger partial charge in [0.1, 0.15) is 0 Å². The van der Waals surface area contributed by atoms with Crippen LogP contribution in [-0.2, 0) is 6.54 Å². The van der Waals surface area contributed by atoms with Crippen LogP contribution >= 0.6 is 0 Å². The molecule has 1 N–H and O–H groups in total. The topological polar surface area (TPSA) is 32.3 Å². The zero-order chi connectivity index (χ0) is 17.7. The van der Waals surface area contributed by atoms with E-state index in [1.165, 1.54) is 31.5 Å². The van der Waals surface area contributed by atoms with E-state index < -0.39 is 0 Å². The minimum absolute atomic E-state index is 0.0422. The quantitative estimate of drug-likeness (QED) is 0.842. The summed E-state index contributed by atoms with van der Waals surface area (Å²) in [7, 11) is 0. The standard InChI is InChI=1S/C21H34N2O/c1-15(2)20(16(3)4)22-21(24)19-10-8-18(9-11-19)14-23-12-6-7-17(5)13-23/h8-11,15-17,20H,6-7,12-14H2,1-5H3,(H,22,24). The van der Waals surface area contributed by atoms with Gasteiger partial charge in [0.15, 0.2) is 0 Å². The molecule has 0 radical (unpaired) electrons. The second kappa shape index (κ2) is 8.66. The molecule has 0 spiro atoms. The maximum Gasteiger partial charge on any atom is 0.251 e. The van der Waals surface area contributed by atoms with Gasteiger partial charge in [-0.2, -0.15) is 0 Å². The van der Waals surface area contributed by atoms with Crippen LogP contribution in [0.4, 0.5) is 0 Å². The number of carbonyl (C=O) groups is 1. The molecule has 1 unspecified atom stereocenters. The van der Waals surface area contributed by atoms with Gasteiger partial charge in [-0.15, -0.1) is 0 Å². The molecule has 1 fully saturated rings. The van der Waals surface area contributed by atoms with Gasteiger partial charge in [-0.25, -0.2) is 0 Å². The van der Waals surface area contributed by atoms with Gasteiger partial charge in [0, 0.05) is 24.7 Å². The van der Waals surface area contributed by atoms with Gasteiger partial charge in [-0.05, 0) is 54.8 Å². The predicted octanol–water partition coefficient (Wildman–Crippen LogP) is 4.33. The summed E-state index contributed by atoms with van der Waals surface area (Å²) in [5.41, 5.74) is 2.06. The molecule has 1 aliphatic rings. The fourth-order valence-electron chi connectivity index (χ4n) is 3.79. The smallest absolute Gasteiger partial charge is 0.251 e. The molecule has 0 bridgehead atoms. The predicted molar refractivity (Wildman–Crippen MR) is 101 cm³/mol. The van der Waals surface area contributed by atoms with Crippen molar-refractivity contribution in [2.45, 2.75) is 60.0 Å². The number of hydrogen-bond acceptors (Lipinski definition) is 2. The number of nitrogens with one attached hydrogen (secondary N) is 1. The first kappa shape index (κ1) is 19.0. The molecule has 1 atom stereocenters. The van der Waals surface area contributed by atoms with E-state index in [9.17, 15) is 4.79 Å². The summed E-state index contributed by atoms with van der Waals surface area (Å²) in [6, 6.07) is 8.36. The van der Waals surface area contributed by atoms with E-state index in [0.717, 1.165) is 18.0 Å². The Morgan fingerprint density at radius 1 is 1.17 bits per heavy atom. The number of hydrogen-bond donors (Lipinski definition) is 1. The van der Waals surface area contributed by atoms with Crippen molar-refractivity contribution < 1.29 is 4.79 Å². The fraction of sp³-hybridized carbons (Fsp3) is 0.667. The molecule has 0 aromatic heterocycles. The molecular weight excluding hydrogens is 296 g/mol. The molecule has 24 heavy (non-hydrogen) atoms. The van der Waals surface area contributed by atoms with Crippen molar-refractivity contribution >= 4 is 5.91 Å². The van der Waals surface area contributed by atoms with Crippen LogP contribution in [0.15, 0.2) is 24.3 Å². The summed E-state index contributed by atoms with van der Waals surface area (Å²) in [6.45, 7) is 14.3. The van der Waals surface area contributed by atoms with E-state index >= 15 is 0 Å². The van der Waals surface area contributed by atoms with Crippen molar-refractivity contribution in [1.82, 2.24) is 10.2 Å². The van der Waals surface area contributed by atoms with Crippen LogP contribution in [0.5, 0.6) is 0 Å². The maximum atomic E-state index is 12.5. The average Bonchev–Trinajstić information content (AvgIpc) is 2.52. The Hall–Kier alpha value is -1.35. The van der Waals surface area contributed by atoms with Gasteiger partial charge in [-0.3, -0.25) is 9.69 Å². The number of piperidine rings is 1. The lowest BCUT2D eigenvalue weighted by molar-refractivity contribution is 0.0910. The van der Waals surface area contributed by atoms with Crippen molar-refractivity contribution in [2.75, 3.05) is 13.1 Å². The lowest BCUT2D eigenvalue weighted by Gasteiger charge is -2.30. The van der Waals surface area contributed by atoms with E-state index in [1.54, 1.807) is 0 Å². The second-order valence-corrected chi connectivity index (χ2v) is 8.17. The van der Waals surface area contributed by atoms with Crippen LogP contribution in [0, 0.1) is 17.8 Å². The van der Waals surface area contributed by atoms with Crippen LogP contribution in [0.25, 0.3) is 0 Å². The summed E-state index contributed by atoms with van der Waals surface area (Å²) in [5.74, 6) is 1.72. The number of nitrogens with zero attached hydrogens (tertiary/aromatic N) is 1. The first-order valence-electron chi connectivity index (χ1n) is 9.49. The van der Waals surface area contributed by atoms with E-state index in [1.807, 2.05) is 12.1 Å². The van der Waals surface area contributed by atoms with Crippen molar-refractivity contribution in [2.24, 2.45) is 17.8 Å². The largest absolute Gasteiger partial charge is 0.349 e. The molecule has 2 rings (SSSR count). The van der Waals surface area contributed by atoms with Crippen molar-refractivity contribution in [3.05, 3.63) is 35.4 Å². The number of likely N-dealkylation sites (tertiary alicyclic amines) is 1. The van der Waals surface area contributed by atoms with Gasteiger partial charge < -0.3 is 5.32 Å². The Kier molecular flexibility index (Phi) is 6.85. The third-order valence-corrected chi connectivity index (χ3v) is 5.10. The van der Waals surface area contributed by atoms with Crippen LogP contribution in [0.2, 0.25) is 0 Å². The maximum absolute atomic E-state index is 12.5. The van der Waals surface area contributed by atoms with Gasteiger partial charge >= 0.3 is 0 Å². The highest BCUT2D eigenvalue weighted by Crippen LogP contribution is 2.18. The highest BCUT2D eigenvalue weighted by atomic mass is 16.1. The van der Waals surface area contributed by atoms with Crippen LogP contribution < -0.4 is 5.32 Å². The zero-order valence-corrected chi connectivity index (χ0v) is 16.0. The molecule has 1 aliphatic heterocycles. The normalized spacial score (nSPS) is 19.2. The van der Waals surface area contributed by atoms with Gasteiger partial charge in [0.05, 0.1) is 0 Å². The van der Waals surface area contributed by atoms with Gasteiger partial charge in [0.2, 0.25) is 0 Å². The monoisotopic (exact) mass is 330 g/mol. The Labute approximate surface area is 147 Å².